The summed E-state index contributed by atoms with van der Waals surface area (Å²) < 4.78 is 7.74. The van der Waals surface area contributed by atoms with Gasteiger partial charge in [0.1, 0.15) is 11.6 Å². The van der Waals surface area contributed by atoms with Crippen molar-refractivity contribution in [3.63, 3.8) is 0 Å². The zero-order valence-corrected chi connectivity index (χ0v) is 18.0. The van der Waals surface area contributed by atoms with Crippen molar-refractivity contribution in [2.45, 2.75) is 59.7 Å². The quantitative estimate of drug-likeness (QED) is 0.739. The van der Waals surface area contributed by atoms with E-state index in [2.05, 4.69) is 51.0 Å². The SMILES string of the molecule is CCOc1ccc(CN2CCc3nnc([C@H](CC(C)C)NC(C)=O)n3CC2)cc1. The molecule has 7 heteroatoms. The number of ether oxygens (including phenoxy) is 1. The fraction of sp³-hybridized carbons (Fsp3) is 0.591. The predicted octanol–water partition coefficient (Wildman–Crippen LogP) is 2.96. The lowest BCUT2D eigenvalue weighted by Crippen LogP contribution is -2.31. The van der Waals surface area contributed by atoms with E-state index in [4.69, 9.17) is 4.74 Å². The maximum Gasteiger partial charge on any atom is 0.217 e. The second-order valence-electron chi connectivity index (χ2n) is 8.11. The van der Waals surface area contributed by atoms with E-state index >= 15 is 0 Å². The number of carbonyl (C=O) groups is 1. The Morgan fingerprint density at radius 2 is 1.93 bits per heavy atom. The van der Waals surface area contributed by atoms with Crippen molar-refractivity contribution in [3.8, 4) is 5.75 Å². The van der Waals surface area contributed by atoms with Gasteiger partial charge in [0, 0.05) is 39.5 Å². The molecule has 0 radical (unpaired) electrons. The largest absolute Gasteiger partial charge is 0.494 e. The number of nitrogens with one attached hydrogen (secondary N) is 1. The van der Waals surface area contributed by atoms with Crippen molar-refractivity contribution in [3.05, 3.63) is 41.5 Å². The minimum absolute atomic E-state index is 0.0289. The summed E-state index contributed by atoms with van der Waals surface area (Å²) in [5.74, 6) is 3.23. The van der Waals surface area contributed by atoms with Crippen LogP contribution in [0.5, 0.6) is 5.75 Å². The van der Waals surface area contributed by atoms with Gasteiger partial charge in [-0.1, -0.05) is 26.0 Å². The molecule has 7 nitrogen and oxygen atoms in total. The van der Waals surface area contributed by atoms with E-state index in [1.807, 2.05) is 19.1 Å². The van der Waals surface area contributed by atoms with Crippen LogP contribution in [0.2, 0.25) is 0 Å². The van der Waals surface area contributed by atoms with E-state index in [0.29, 0.717) is 12.5 Å². The van der Waals surface area contributed by atoms with Gasteiger partial charge in [0.25, 0.3) is 0 Å². The Balaban J connectivity index is 1.67. The summed E-state index contributed by atoms with van der Waals surface area (Å²) in [5.41, 5.74) is 1.28. The predicted molar refractivity (Wildman–Crippen MR) is 113 cm³/mol. The number of fused-ring (bicyclic) bond motifs is 1. The molecule has 1 aliphatic rings. The molecule has 1 aromatic heterocycles. The van der Waals surface area contributed by atoms with Gasteiger partial charge in [0.05, 0.1) is 12.6 Å². The first kappa shape index (κ1) is 21.3. The van der Waals surface area contributed by atoms with Crippen LogP contribution in [0.1, 0.15) is 57.4 Å². The number of hydrogen-bond acceptors (Lipinski definition) is 5. The lowest BCUT2D eigenvalue weighted by Gasteiger charge is -2.22. The van der Waals surface area contributed by atoms with Crippen molar-refractivity contribution >= 4 is 5.91 Å². The number of aromatic nitrogens is 3. The molecule has 1 amide bonds. The highest BCUT2D eigenvalue weighted by atomic mass is 16.5. The summed E-state index contributed by atoms with van der Waals surface area (Å²) in [4.78, 5) is 14.1. The van der Waals surface area contributed by atoms with Crippen molar-refractivity contribution in [2.24, 2.45) is 5.92 Å². The fourth-order valence-electron chi connectivity index (χ4n) is 3.87. The summed E-state index contributed by atoms with van der Waals surface area (Å²) >= 11 is 0. The van der Waals surface area contributed by atoms with Gasteiger partial charge in [-0.2, -0.15) is 0 Å². The van der Waals surface area contributed by atoms with Crippen LogP contribution in [0, 0.1) is 5.92 Å². The van der Waals surface area contributed by atoms with Crippen LogP contribution in [0.3, 0.4) is 0 Å². The Bertz CT molecular complexity index is 800. The van der Waals surface area contributed by atoms with Crippen LogP contribution in [0.25, 0.3) is 0 Å². The molecule has 1 atom stereocenters. The summed E-state index contributed by atoms with van der Waals surface area (Å²) in [6.45, 7) is 12.2. The van der Waals surface area contributed by atoms with Crippen molar-refractivity contribution in [1.29, 1.82) is 0 Å². The summed E-state index contributed by atoms with van der Waals surface area (Å²) in [6.07, 6.45) is 1.71. The van der Waals surface area contributed by atoms with Crippen molar-refractivity contribution in [2.75, 3.05) is 19.7 Å². The van der Waals surface area contributed by atoms with E-state index in [9.17, 15) is 4.79 Å². The third-order valence-corrected chi connectivity index (χ3v) is 5.18. The van der Waals surface area contributed by atoms with Gasteiger partial charge in [-0.3, -0.25) is 9.69 Å². The highest BCUT2D eigenvalue weighted by Crippen LogP contribution is 2.23. The lowest BCUT2D eigenvalue weighted by atomic mass is 10.0. The van der Waals surface area contributed by atoms with Gasteiger partial charge >= 0.3 is 0 Å². The number of hydrogen-bond donors (Lipinski definition) is 1. The molecule has 0 saturated heterocycles. The van der Waals surface area contributed by atoms with Crippen LogP contribution < -0.4 is 10.1 Å². The monoisotopic (exact) mass is 399 g/mol. The third-order valence-electron chi connectivity index (χ3n) is 5.18. The van der Waals surface area contributed by atoms with E-state index in [0.717, 1.165) is 56.4 Å². The zero-order valence-electron chi connectivity index (χ0n) is 18.0. The van der Waals surface area contributed by atoms with E-state index in [1.165, 1.54) is 5.56 Å². The maximum absolute atomic E-state index is 11.7. The van der Waals surface area contributed by atoms with E-state index in [-0.39, 0.29) is 11.9 Å². The maximum atomic E-state index is 11.7. The van der Waals surface area contributed by atoms with Crippen LogP contribution >= 0.6 is 0 Å². The molecule has 1 aromatic carbocycles. The molecule has 0 spiro atoms. The molecule has 1 N–H and O–H groups in total. The van der Waals surface area contributed by atoms with Gasteiger partial charge in [-0.15, -0.1) is 10.2 Å². The normalized spacial score (nSPS) is 15.6. The van der Waals surface area contributed by atoms with Crippen molar-refractivity contribution in [1.82, 2.24) is 25.0 Å². The van der Waals surface area contributed by atoms with Crippen LogP contribution in [0.4, 0.5) is 0 Å². The number of nitrogens with zero attached hydrogens (tertiary/aromatic N) is 4. The second-order valence-corrected chi connectivity index (χ2v) is 8.11. The lowest BCUT2D eigenvalue weighted by molar-refractivity contribution is -0.119. The van der Waals surface area contributed by atoms with Gasteiger partial charge in [-0.05, 0) is 37.0 Å². The van der Waals surface area contributed by atoms with Gasteiger partial charge in [-0.25, -0.2) is 0 Å². The summed E-state index contributed by atoms with van der Waals surface area (Å²) in [7, 11) is 0. The number of carbonyl (C=O) groups excluding carboxylic acids is 1. The fourth-order valence-corrected chi connectivity index (χ4v) is 3.87. The molecule has 0 bridgehead atoms. The van der Waals surface area contributed by atoms with Crippen LogP contribution in [-0.2, 0) is 24.3 Å². The average Bonchev–Trinajstić information content (AvgIpc) is 2.97. The summed E-state index contributed by atoms with van der Waals surface area (Å²) in [5, 5.41) is 12.0. The Kier molecular flexibility index (Phi) is 7.25. The van der Waals surface area contributed by atoms with E-state index in [1.54, 1.807) is 6.92 Å². The molecule has 0 unspecified atom stereocenters. The molecule has 0 fully saturated rings. The zero-order chi connectivity index (χ0) is 20.8. The van der Waals surface area contributed by atoms with Crippen LogP contribution in [-0.4, -0.2) is 45.3 Å². The Hall–Kier alpha value is -2.41. The molecule has 0 aliphatic carbocycles. The van der Waals surface area contributed by atoms with Gasteiger partial charge in [0.2, 0.25) is 5.91 Å². The first-order chi connectivity index (χ1) is 14.0. The molecular weight excluding hydrogens is 366 g/mol. The number of amides is 1. The highest BCUT2D eigenvalue weighted by molar-refractivity contribution is 5.73. The molecule has 1 aliphatic heterocycles. The molecule has 29 heavy (non-hydrogen) atoms. The van der Waals surface area contributed by atoms with Crippen LogP contribution in [0.15, 0.2) is 24.3 Å². The Morgan fingerprint density at radius 3 is 2.59 bits per heavy atom. The number of benzene rings is 1. The average molecular weight is 400 g/mol. The standard InChI is InChI=1S/C22H33N5O2/c1-5-29-19-8-6-18(7-9-19)15-26-11-10-21-24-25-22(27(21)13-12-26)20(14-16(2)3)23-17(4)28/h6-9,16,20H,5,10-15H2,1-4H3,(H,23,28)/t20-/m0/s1. The molecule has 3 rings (SSSR count). The number of rotatable bonds is 8. The first-order valence-corrected chi connectivity index (χ1v) is 10.6. The molecule has 2 aromatic rings. The first-order valence-electron chi connectivity index (χ1n) is 10.6. The highest BCUT2D eigenvalue weighted by Gasteiger charge is 2.25. The smallest absolute Gasteiger partial charge is 0.217 e. The van der Waals surface area contributed by atoms with Gasteiger partial charge in [0.15, 0.2) is 5.82 Å². The van der Waals surface area contributed by atoms with Gasteiger partial charge < -0.3 is 14.6 Å². The Labute approximate surface area is 173 Å². The second kappa shape index (κ2) is 9.87. The molecular formula is C22H33N5O2. The van der Waals surface area contributed by atoms with E-state index < -0.39 is 0 Å². The molecule has 2 heterocycles. The summed E-state index contributed by atoms with van der Waals surface area (Å²) in [6, 6.07) is 8.25. The third kappa shape index (κ3) is 5.79. The minimum Gasteiger partial charge on any atom is -0.494 e. The van der Waals surface area contributed by atoms with Crippen molar-refractivity contribution < 1.29 is 9.53 Å². The molecule has 0 saturated carbocycles. The Morgan fingerprint density at radius 1 is 1.17 bits per heavy atom. The molecule has 158 valence electrons. The topological polar surface area (TPSA) is 72.3 Å². The minimum atomic E-state index is -0.0913.